The number of carbonyl (C=O) groups is 2. The monoisotopic (exact) mass is 554 g/mol. The van der Waals surface area contributed by atoms with Crippen molar-refractivity contribution in [3.8, 4) is 0 Å². The summed E-state index contributed by atoms with van der Waals surface area (Å²) in [6.45, 7) is 4.12. The van der Waals surface area contributed by atoms with Gasteiger partial charge in [-0.1, -0.05) is 18.5 Å². The molecule has 37 heavy (non-hydrogen) atoms. The van der Waals surface area contributed by atoms with E-state index < -0.39 is 45.4 Å². The van der Waals surface area contributed by atoms with Crippen LogP contribution >= 0.6 is 11.6 Å². The second-order valence-corrected chi connectivity index (χ2v) is 12.2. The number of sulfone groups is 1. The molecule has 2 aromatic carbocycles. The molecule has 11 heteroatoms. The molecule has 0 aromatic heterocycles. The SMILES string of the molecule is CC[C@@H]1CC[C@H](C(=O)NC(c2cc(F)c(Cl)cc2F)C2COC2)N1C(=O)c1cc(C)cc(S(C)(=O)=O)c1. The normalized spacial score (nSPS) is 21.0. The maximum absolute atomic E-state index is 14.8. The van der Waals surface area contributed by atoms with Crippen molar-refractivity contribution in [2.45, 2.75) is 56.1 Å². The molecule has 2 fully saturated rings. The summed E-state index contributed by atoms with van der Waals surface area (Å²) in [7, 11) is -3.55. The molecule has 1 unspecified atom stereocenters. The van der Waals surface area contributed by atoms with Gasteiger partial charge in [0.05, 0.1) is 29.2 Å². The Morgan fingerprint density at radius 2 is 1.84 bits per heavy atom. The minimum absolute atomic E-state index is 0.0226. The molecule has 200 valence electrons. The summed E-state index contributed by atoms with van der Waals surface area (Å²) in [5, 5.41) is 2.47. The maximum Gasteiger partial charge on any atom is 0.254 e. The van der Waals surface area contributed by atoms with E-state index in [4.69, 9.17) is 16.3 Å². The predicted molar refractivity (Wildman–Crippen MR) is 134 cm³/mol. The van der Waals surface area contributed by atoms with Crippen LogP contribution in [0, 0.1) is 24.5 Å². The summed E-state index contributed by atoms with van der Waals surface area (Å²) < 4.78 is 58.5. The molecule has 0 spiro atoms. The summed E-state index contributed by atoms with van der Waals surface area (Å²) in [4.78, 5) is 28.7. The molecular weight excluding hydrogens is 526 g/mol. The van der Waals surface area contributed by atoms with Crippen molar-refractivity contribution >= 4 is 33.3 Å². The number of halogens is 3. The molecule has 2 aliphatic heterocycles. The Hall–Kier alpha value is -2.56. The van der Waals surface area contributed by atoms with Crippen LogP contribution in [-0.4, -0.2) is 56.7 Å². The zero-order valence-corrected chi connectivity index (χ0v) is 22.3. The zero-order valence-electron chi connectivity index (χ0n) is 20.8. The van der Waals surface area contributed by atoms with Crippen molar-refractivity contribution in [1.82, 2.24) is 10.2 Å². The Labute approximate surface area is 220 Å². The molecule has 1 N–H and O–H groups in total. The maximum atomic E-state index is 14.8. The number of rotatable bonds is 7. The first-order valence-electron chi connectivity index (χ1n) is 12.1. The topological polar surface area (TPSA) is 92.8 Å². The Balaban J connectivity index is 1.65. The lowest BCUT2D eigenvalue weighted by Gasteiger charge is -2.36. The van der Waals surface area contributed by atoms with Crippen LogP contribution in [0.4, 0.5) is 8.78 Å². The van der Waals surface area contributed by atoms with Gasteiger partial charge in [0, 0.05) is 29.3 Å². The van der Waals surface area contributed by atoms with Crippen molar-refractivity contribution in [1.29, 1.82) is 0 Å². The van der Waals surface area contributed by atoms with E-state index in [1.54, 1.807) is 13.0 Å². The average Bonchev–Trinajstić information content (AvgIpc) is 3.22. The number of nitrogens with one attached hydrogen (secondary N) is 1. The molecule has 0 radical (unpaired) electrons. The zero-order chi connectivity index (χ0) is 27.1. The molecule has 2 aliphatic rings. The number of hydrogen-bond donors (Lipinski definition) is 1. The summed E-state index contributed by atoms with van der Waals surface area (Å²) in [5.41, 5.74) is 0.737. The van der Waals surface area contributed by atoms with Gasteiger partial charge < -0.3 is 15.0 Å². The van der Waals surface area contributed by atoms with Crippen LogP contribution in [0.15, 0.2) is 35.2 Å². The van der Waals surface area contributed by atoms with Crippen molar-refractivity contribution in [3.63, 3.8) is 0 Å². The fourth-order valence-electron chi connectivity index (χ4n) is 5.00. The first-order valence-corrected chi connectivity index (χ1v) is 14.3. The lowest BCUT2D eigenvalue weighted by Crippen LogP contribution is -2.52. The third kappa shape index (κ3) is 5.66. The standard InChI is InChI=1S/C26H29ClF2N2O5S/c1-4-17-5-6-23(31(17)26(33)15-7-14(2)8-18(9-15)37(3,34)35)25(32)30-24(16-12-36-13-16)19-10-22(29)20(27)11-21(19)28/h7-11,16-17,23-24H,4-6,12-13H2,1-3H3,(H,30,32)/t17-,23-,24?/m1/s1. The lowest BCUT2D eigenvalue weighted by molar-refractivity contribution is -0.128. The first kappa shape index (κ1) is 27.5. The Kier molecular flexibility index (Phi) is 7.92. The minimum Gasteiger partial charge on any atom is -0.381 e. The third-order valence-electron chi connectivity index (χ3n) is 7.04. The molecule has 2 amide bonds. The van der Waals surface area contributed by atoms with E-state index in [0.29, 0.717) is 24.8 Å². The molecule has 0 saturated carbocycles. The number of aryl methyl sites for hydroxylation is 1. The van der Waals surface area contributed by atoms with Crippen LogP contribution in [0.3, 0.4) is 0 Å². The van der Waals surface area contributed by atoms with Crippen LogP contribution in [0.1, 0.15) is 53.7 Å². The molecule has 0 aliphatic carbocycles. The number of hydrogen-bond acceptors (Lipinski definition) is 5. The van der Waals surface area contributed by atoms with Crippen molar-refractivity contribution in [2.24, 2.45) is 5.92 Å². The fraction of sp³-hybridized carbons (Fsp3) is 0.462. The van der Waals surface area contributed by atoms with Gasteiger partial charge in [-0.15, -0.1) is 0 Å². The van der Waals surface area contributed by atoms with Crippen LogP contribution in [0.2, 0.25) is 5.02 Å². The van der Waals surface area contributed by atoms with Crippen LogP contribution in [-0.2, 0) is 19.4 Å². The summed E-state index contributed by atoms with van der Waals surface area (Å²) >= 11 is 5.71. The van der Waals surface area contributed by atoms with Crippen LogP contribution in [0.25, 0.3) is 0 Å². The van der Waals surface area contributed by atoms with Gasteiger partial charge in [0.2, 0.25) is 5.91 Å². The highest BCUT2D eigenvalue weighted by Gasteiger charge is 2.42. The number of benzene rings is 2. The van der Waals surface area contributed by atoms with E-state index >= 15 is 0 Å². The summed E-state index contributed by atoms with van der Waals surface area (Å²) in [5.74, 6) is -2.78. The fourth-order valence-corrected chi connectivity index (χ4v) is 5.90. The molecule has 0 bridgehead atoms. The van der Waals surface area contributed by atoms with Crippen molar-refractivity contribution in [3.05, 3.63) is 63.7 Å². The summed E-state index contributed by atoms with van der Waals surface area (Å²) in [6.07, 6.45) is 2.62. The second kappa shape index (κ2) is 10.7. The third-order valence-corrected chi connectivity index (χ3v) is 8.43. The van der Waals surface area contributed by atoms with Gasteiger partial charge in [-0.3, -0.25) is 9.59 Å². The largest absolute Gasteiger partial charge is 0.381 e. The summed E-state index contributed by atoms with van der Waals surface area (Å²) in [6, 6.07) is 4.30. The van der Waals surface area contributed by atoms with Gasteiger partial charge in [0.1, 0.15) is 17.7 Å². The Morgan fingerprint density at radius 1 is 1.14 bits per heavy atom. The second-order valence-electron chi connectivity index (χ2n) is 9.75. The molecule has 3 atom stereocenters. The highest BCUT2D eigenvalue weighted by molar-refractivity contribution is 7.90. The van der Waals surface area contributed by atoms with Crippen LogP contribution in [0.5, 0.6) is 0 Å². The van der Waals surface area contributed by atoms with E-state index in [-0.39, 0.29) is 46.2 Å². The van der Waals surface area contributed by atoms with Gasteiger partial charge in [0.15, 0.2) is 9.84 Å². The van der Waals surface area contributed by atoms with E-state index in [2.05, 4.69) is 5.32 Å². The van der Waals surface area contributed by atoms with E-state index in [1.807, 2.05) is 6.92 Å². The Bertz CT molecular complexity index is 1330. The van der Waals surface area contributed by atoms with E-state index in [0.717, 1.165) is 18.4 Å². The average molecular weight is 555 g/mol. The molecule has 2 saturated heterocycles. The molecular formula is C26H29ClF2N2O5S. The highest BCUT2D eigenvalue weighted by Crippen LogP contribution is 2.34. The van der Waals surface area contributed by atoms with Gasteiger partial charge in [-0.05, 0) is 62.1 Å². The first-order chi connectivity index (χ1) is 17.4. The van der Waals surface area contributed by atoms with E-state index in [9.17, 15) is 26.8 Å². The van der Waals surface area contributed by atoms with Crippen molar-refractivity contribution in [2.75, 3.05) is 19.5 Å². The van der Waals surface area contributed by atoms with E-state index in [1.165, 1.54) is 17.0 Å². The van der Waals surface area contributed by atoms with Gasteiger partial charge >= 0.3 is 0 Å². The Morgan fingerprint density at radius 3 is 2.43 bits per heavy atom. The molecule has 2 heterocycles. The quantitative estimate of drug-likeness (QED) is 0.517. The van der Waals surface area contributed by atoms with Crippen LogP contribution < -0.4 is 5.32 Å². The number of amides is 2. The smallest absolute Gasteiger partial charge is 0.254 e. The minimum atomic E-state index is -3.55. The van der Waals surface area contributed by atoms with Gasteiger partial charge in [-0.2, -0.15) is 0 Å². The molecule has 4 rings (SSSR count). The highest BCUT2D eigenvalue weighted by atomic mass is 35.5. The number of nitrogens with zero attached hydrogens (tertiary/aromatic N) is 1. The number of likely N-dealkylation sites (tertiary alicyclic amines) is 1. The predicted octanol–water partition coefficient (Wildman–Crippen LogP) is 4.22. The lowest BCUT2D eigenvalue weighted by atomic mass is 9.90. The van der Waals surface area contributed by atoms with Gasteiger partial charge in [0.25, 0.3) is 5.91 Å². The number of ether oxygens (including phenoxy) is 1. The molecule has 7 nitrogen and oxygen atoms in total. The number of carbonyl (C=O) groups excluding carboxylic acids is 2. The van der Waals surface area contributed by atoms with Gasteiger partial charge in [-0.25, -0.2) is 17.2 Å². The molecule has 2 aromatic rings. The van der Waals surface area contributed by atoms with Crippen molar-refractivity contribution < 1.29 is 31.5 Å².